The van der Waals surface area contributed by atoms with Crippen molar-refractivity contribution in [3.8, 4) is 33.8 Å². The van der Waals surface area contributed by atoms with E-state index in [0.29, 0.717) is 22.1 Å². The highest BCUT2D eigenvalue weighted by Crippen LogP contribution is 2.38. The molecule has 1 aromatic heterocycles. The maximum absolute atomic E-state index is 11.8. The number of ether oxygens (including phenoxy) is 2. The SMILES string of the molecule is CNc1cncc(COc2cc(OCc3cccc(-c4cccc(-c5ccc6c(c5)CC(N)C6)c4C)c3C)c(Cl)cc2CN[C@@](C)(CO)C(=O)O)c1. The molecule has 9 nitrogen and oxygen atoms in total. The lowest BCUT2D eigenvalue weighted by molar-refractivity contribution is -0.145. The highest BCUT2D eigenvalue weighted by Gasteiger charge is 2.32. The molecule has 1 unspecified atom stereocenters. The number of halogens is 1. The molecule has 0 radical (unpaired) electrons. The van der Waals surface area contributed by atoms with Crippen LogP contribution in [0.3, 0.4) is 0 Å². The maximum Gasteiger partial charge on any atom is 0.326 e. The molecule has 1 aliphatic carbocycles. The second-order valence-corrected chi connectivity index (χ2v) is 14.1. The van der Waals surface area contributed by atoms with Crippen molar-refractivity contribution >= 4 is 23.3 Å². The maximum atomic E-state index is 11.8. The van der Waals surface area contributed by atoms with Crippen molar-refractivity contribution < 1.29 is 24.5 Å². The summed E-state index contributed by atoms with van der Waals surface area (Å²) < 4.78 is 12.6. The number of aliphatic hydroxyl groups is 1. The number of hydrogen-bond donors (Lipinski definition) is 5. The van der Waals surface area contributed by atoms with Crippen molar-refractivity contribution in [3.05, 3.63) is 129 Å². The van der Waals surface area contributed by atoms with Gasteiger partial charge in [0.25, 0.3) is 0 Å². The molecule has 1 aliphatic rings. The molecule has 0 fully saturated rings. The summed E-state index contributed by atoms with van der Waals surface area (Å²) in [4.78, 5) is 16.1. The third kappa shape index (κ3) is 7.93. The van der Waals surface area contributed by atoms with Crippen LogP contribution < -0.4 is 25.8 Å². The van der Waals surface area contributed by atoms with Gasteiger partial charge in [-0.1, -0.05) is 66.2 Å². The van der Waals surface area contributed by atoms with E-state index >= 15 is 0 Å². The summed E-state index contributed by atoms with van der Waals surface area (Å²) in [7, 11) is 1.82. The van der Waals surface area contributed by atoms with Gasteiger partial charge in [-0.2, -0.15) is 0 Å². The van der Waals surface area contributed by atoms with Crippen LogP contribution >= 0.6 is 11.6 Å². The van der Waals surface area contributed by atoms with Gasteiger partial charge in [-0.25, -0.2) is 0 Å². The monoisotopic (exact) mass is 720 g/mol. The van der Waals surface area contributed by atoms with Gasteiger partial charge in [0.2, 0.25) is 0 Å². The average molecular weight is 721 g/mol. The predicted molar refractivity (Wildman–Crippen MR) is 206 cm³/mol. The van der Waals surface area contributed by atoms with Crippen molar-refractivity contribution in [2.24, 2.45) is 5.73 Å². The first kappa shape index (κ1) is 36.8. The van der Waals surface area contributed by atoms with Gasteiger partial charge in [-0.15, -0.1) is 0 Å². The van der Waals surface area contributed by atoms with Crippen LogP contribution in [0.2, 0.25) is 5.02 Å². The van der Waals surface area contributed by atoms with Gasteiger partial charge in [-0.3, -0.25) is 15.1 Å². The fourth-order valence-electron chi connectivity index (χ4n) is 6.66. The first-order valence-corrected chi connectivity index (χ1v) is 17.7. The van der Waals surface area contributed by atoms with Crippen LogP contribution in [-0.4, -0.2) is 46.4 Å². The Balaban J connectivity index is 1.25. The molecule has 0 aliphatic heterocycles. The molecule has 10 heteroatoms. The van der Waals surface area contributed by atoms with E-state index in [4.69, 9.17) is 26.8 Å². The number of carboxylic acids is 1. The van der Waals surface area contributed by atoms with E-state index in [1.807, 2.05) is 19.2 Å². The minimum absolute atomic E-state index is 0.0755. The topological polar surface area (TPSA) is 139 Å². The Morgan fingerprint density at radius 1 is 0.904 bits per heavy atom. The Labute approximate surface area is 309 Å². The standard InChI is InChI=1S/C42H45ClN4O5/c1-25-30(7-5-9-36(25)37-10-6-8-35(26(37)2)29-12-11-28-15-33(44)16-31(28)14-29)23-52-40-18-39(51-22-27-13-34(45-4)21-46-19-27)32(17-38(40)43)20-47-42(3,24-48)41(49)50/h5-14,17-19,21,33,45,47-48H,15-16,20,22-24,44H2,1-4H3,(H,49,50)/t33?,42-/m0/s1. The van der Waals surface area contributed by atoms with Crippen molar-refractivity contribution in [2.45, 2.75) is 65.0 Å². The Hall–Kier alpha value is -4.93. The zero-order valence-electron chi connectivity index (χ0n) is 29.9. The molecule has 0 saturated heterocycles. The van der Waals surface area contributed by atoms with Crippen LogP contribution in [0.5, 0.6) is 11.5 Å². The number of pyridine rings is 1. The van der Waals surface area contributed by atoms with Crippen LogP contribution in [0.4, 0.5) is 5.69 Å². The highest BCUT2D eigenvalue weighted by atomic mass is 35.5. The van der Waals surface area contributed by atoms with E-state index in [1.165, 1.54) is 34.7 Å². The number of carboxylic acid groups (broad SMARTS) is 1. The minimum atomic E-state index is -1.56. The number of hydrogen-bond acceptors (Lipinski definition) is 8. The van der Waals surface area contributed by atoms with E-state index in [1.54, 1.807) is 24.5 Å². The molecule has 6 N–H and O–H groups in total. The molecule has 270 valence electrons. The summed E-state index contributed by atoms with van der Waals surface area (Å²) in [5.41, 5.74) is 17.7. The molecule has 0 spiro atoms. The molecule has 4 aromatic carbocycles. The molecular formula is C42H45ClN4O5. The first-order chi connectivity index (χ1) is 25.0. The fourth-order valence-corrected chi connectivity index (χ4v) is 6.90. The van der Waals surface area contributed by atoms with Gasteiger partial charge < -0.3 is 30.7 Å². The van der Waals surface area contributed by atoms with Gasteiger partial charge in [0.05, 0.1) is 17.3 Å². The summed E-state index contributed by atoms with van der Waals surface area (Å²) in [6.07, 6.45) is 5.28. The molecule has 5 aromatic rings. The van der Waals surface area contributed by atoms with Crippen LogP contribution in [0, 0.1) is 13.8 Å². The Morgan fingerprint density at radius 2 is 1.62 bits per heavy atom. The highest BCUT2D eigenvalue weighted by molar-refractivity contribution is 6.32. The minimum Gasteiger partial charge on any atom is -0.488 e. The number of carbonyl (C=O) groups is 1. The zero-order valence-corrected chi connectivity index (χ0v) is 30.7. The van der Waals surface area contributed by atoms with E-state index in [-0.39, 0.29) is 25.8 Å². The largest absolute Gasteiger partial charge is 0.488 e. The second-order valence-electron chi connectivity index (χ2n) is 13.7. The average Bonchev–Trinajstić information content (AvgIpc) is 3.52. The van der Waals surface area contributed by atoms with Gasteiger partial charge in [-0.05, 0) is 95.8 Å². The van der Waals surface area contributed by atoms with E-state index < -0.39 is 18.1 Å². The van der Waals surface area contributed by atoms with E-state index in [2.05, 4.69) is 78.0 Å². The third-order valence-electron chi connectivity index (χ3n) is 9.98. The third-order valence-corrected chi connectivity index (χ3v) is 10.3. The Bertz CT molecular complexity index is 2100. The number of benzene rings is 4. The molecule has 1 heterocycles. The molecule has 52 heavy (non-hydrogen) atoms. The smallest absolute Gasteiger partial charge is 0.326 e. The first-order valence-electron chi connectivity index (χ1n) is 17.3. The number of anilines is 1. The number of nitrogens with one attached hydrogen (secondary N) is 2. The number of rotatable bonds is 14. The fraction of sp³-hybridized carbons (Fsp3) is 0.286. The quantitative estimate of drug-likeness (QED) is 0.0804. The Morgan fingerprint density at radius 3 is 2.37 bits per heavy atom. The van der Waals surface area contributed by atoms with Gasteiger partial charge in [0.15, 0.2) is 0 Å². The van der Waals surface area contributed by atoms with Gasteiger partial charge in [0, 0.05) is 49.2 Å². The lowest BCUT2D eigenvalue weighted by atomic mass is 9.89. The summed E-state index contributed by atoms with van der Waals surface area (Å²) >= 11 is 6.78. The molecule has 0 amide bonds. The van der Waals surface area contributed by atoms with Gasteiger partial charge in [0.1, 0.15) is 30.3 Å². The van der Waals surface area contributed by atoms with Crippen molar-refractivity contribution in [1.29, 1.82) is 0 Å². The molecule has 6 rings (SSSR count). The zero-order chi connectivity index (χ0) is 37.0. The van der Waals surface area contributed by atoms with Crippen molar-refractivity contribution in [2.75, 3.05) is 19.0 Å². The number of nitrogens with two attached hydrogens (primary N) is 1. The van der Waals surface area contributed by atoms with Crippen LogP contribution in [-0.2, 0) is 37.4 Å². The van der Waals surface area contributed by atoms with Crippen LogP contribution in [0.1, 0.15) is 45.9 Å². The molecular weight excluding hydrogens is 676 g/mol. The summed E-state index contributed by atoms with van der Waals surface area (Å²) in [5, 5.41) is 25.8. The lowest BCUT2D eigenvalue weighted by Gasteiger charge is -2.25. The van der Waals surface area contributed by atoms with E-state index in [0.717, 1.165) is 46.3 Å². The number of aromatic nitrogens is 1. The van der Waals surface area contributed by atoms with E-state index in [9.17, 15) is 15.0 Å². The molecule has 2 atom stereocenters. The number of aliphatic hydroxyl groups excluding tert-OH is 1. The number of nitrogens with zero attached hydrogens (tertiary/aromatic N) is 1. The second kappa shape index (κ2) is 15.8. The van der Waals surface area contributed by atoms with Gasteiger partial charge >= 0.3 is 5.97 Å². The van der Waals surface area contributed by atoms with Crippen LogP contribution in [0.25, 0.3) is 22.3 Å². The summed E-state index contributed by atoms with van der Waals surface area (Å²) in [5.74, 6) is -0.296. The lowest BCUT2D eigenvalue weighted by Crippen LogP contribution is -2.52. The van der Waals surface area contributed by atoms with Crippen molar-refractivity contribution in [3.63, 3.8) is 0 Å². The normalized spacial score (nSPS) is 14.8. The number of fused-ring (bicyclic) bond motifs is 1. The molecule has 0 bridgehead atoms. The summed E-state index contributed by atoms with van der Waals surface area (Å²) in [6.45, 7) is 5.64. The van der Waals surface area contributed by atoms with Crippen LogP contribution in [0.15, 0.2) is 85.2 Å². The summed E-state index contributed by atoms with van der Waals surface area (Å²) in [6, 6.07) is 25.0. The van der Waals surface area contributed by atoms with Crippen molar-refractivity contribution in [1.82, 2.24) is 10.3 Å². The number of aliphatic carboxylic acids is 1. The predicted octanol–water partition coefficient (Wildman–Crippen LogP) is 7.24. The Kier molecular flexibility index (Phi) is 11.2. The molecule has 0 saturated carbocycles.